The molecule has 0 fully saturated rings. The molecule has 1 unspecified atom stereocenters. The molecule has 0 spiro atoms. The molecule has 0 bridgehead atoms. The molecule has 1 amide bonds. The Morgan fingerprint density at radius 3 is 2.48 bits per heavy atom. The maximum atomic E-state index is 12.8. The molecule has 3 nitrogen and oxygen atoms in total. The van der Waals surface area contributed by atoms with Gasteiger partial charge in [-0.05, 0) is 54.6 Å². The normalized spacial score (nSPS) is 11.8. The number of aryl methyl sites for hydroxylation is 1. The molecule has 0 aliphatic rings. The second kappa shape index (κ2) is 9.71. The van der Waals surface area contributed by atoms with Crippen molar-refractivity contribution >= 4 is 34.1 Å². The minimum absolute atomic E-state index is 0.164. The average molecular weight is 428 g/mol. The van der Waals surface area contributed by atoms with E-state index in [9.17, 15) is 4.79 Å². The fourth-order valence-corrected chi connectivity index (χ4v) is 4.28. The van der Waals surface area contributed by atoms with Crippen LogP contribution < -0.4 is 10.1 Å². The Balaban J connectivity index is 1.39. The summed E-state index contributed by atoms with van der Waals surface area (Å²) in [5.74, 6) is 1.44. The summed E-state index contributed by atoms with van der Waals surface area (Å²) in [6.07, 6.45) is -0.612. The van der Waals surface area contributed by atoms with Crippen LogP contribution in [-0.4, -0.2) is 12.0 Å². The molecule has 4 heteroatoms. The van der Waals surface area contributed by atoms with E-state index in [1.54, 1.807) is 18.7 Å². The van der Waals surface area contributed by atoms with Crippen molar-refractivity contribution in [3.63, 3.8) is 0 Å². The van der Waals surface area contributed by atoms with Crippen LogP contribution in [-0.2, 0) is 10.5 Å². The van der Waals surface area contributed by atoms with E-state index in [0.717, 1.165) is 27.8 Å². The number of ether oxygens (including phenoxy) is 1. The first-order valence-electron chi connectivity index (χ1n) is 10.3. The molecule has 0 radical (unpaired) electrons. The number of carbonyl (C=O) groups excluding carboxylic acids is 1. The first-order chi connectivity index (χ1) is 15.1. The van der Waals surface area contributed by atoms with Gasteiger partial charge in [0.15, 0.2) is 6.10 Å². The highest BCUT2D eigenvalue weighted by Gasteiger charge is 2.17. The molecule has 0 aromatic heterocycles. The van der Waals surface area contributed by atoms with Crippen LogP contribution in [0.25, 0.3) is 10.8 Å². The summed E-state index contributed by atoms with van der Waals surface area (Å²) in [6, 6.07) is 30.4. The van der Waals surface area contributed by atoms with Crippen LogP contribution >= 0.6 is 11.8 Å². The lowest BCUT2D eigenvalue weighted by molar-refractivity contribution is -0.122. The van der Waals surface area contributed by atoms with Crippen molar-refractivity contribution in [2.45, 2.75) is 30.6 Å². The van der Waals surface area contributed by atoms with Gasteiger partial charge < -0.3 is 10.1 Å². The largest absolute Gasteiger partial charge is 0.480 e. The van der Waals surface area contributed by atoms with Crippen molar-refractivity contribution < 1.29 is 9.53 Å². The van der Waals surface area contributed by atoms with Gasteiger partial charge in [0, 0.05) is 21.7 Å². The first kappa shape index (κ1) is 21.0. The molecule has 0 heterocycles. The standard InChI is InChI=1S/C27H25NO2S/c1-19-17-21(18-31-23-11-4-3-5-12-23)15-16-25(19)28-27(29)20(2)30-26-14-8-10-22-9-6-7-13-24(22)26/h3-17,20H,18H2,1-2H3,(H,28,29). The third-order valence-electron chi connectivity index (χ3n) is 5.12. The Kier molecular flexibility index (Phi) is 6.58. The molecule has 0 saturated carbocycles. The highest BCUT2D eigenvalue weighted by atomic mass is 32.2. The van der Waals surface area contributed by atoms with Crippen LogP contribution in [0.15, 0.2) is 95.9 Å². The van der Waals surface area contributed by atoms with Crippen LogP contribution in [0.3, 0.4) is 0 Å². The number of carbonyl (C=O) groups is 1. The van der Waals surface area contributed by atoms with Crippen LogP contribution in [0.1, 0.15) is 18.1 Å². The average Bonchev–Trinajstić information content (AvgIpc) is 2.80. The Hall–Kier alpha value is -3.24. The monoisotopic (exact) mass is 427 g/mol. The molecule has 4 rings (SSSR count). The quantitative estimate of drug-likeness (QED) is 0.328. The third-order valence-corrected chi connectivity index (χ3v) is 6.20. The summed E-state index contributed by atoms with van der Waals surface area (Å²) < 4.78 is 6.00. The summed E-state index contributed by atoms with van der Waals surface area (Å²) in [6.45, 7) is 3.79. The Morgan fingerprint density at radius 2 is 1.68 bits per heavy atom. The van der Waals surface area contributed by atoms with Gasteiger partial charge in [-0.15, -0.1) is 11.8 Å². The lowest BCUT2D eigenvalue weighted by Gasteiger charge is -2.17. The van der Waals surface area contributed by atoms with Crippen LogP contribution in [0.4, 0.5) is 5.69 Å². The van der Waals surface area contributed by atoms with E-state index >= 15 is 0 Å². The van der Waals surface area contributed by atoms with Gasteiger partial charge in [0.05, 0.1) is 0 Å². The minimum Gasteiger partial charge on any atom is -0.480 e. The molecule has 1 atom stereocenters. The van der Waals surface area contributed by atoms with Crippen LogP contribution in [0.5, 0.6) is 5.75 Å². The molecule has 1 N–H and O–H groups in total. The highest BCUT2D eigenvalue weighted by molar-refractivity contribution is 7.98. The molecule has 4 aromatic carbocycles. The number of hydrogen-bond donors (Lipinski definition) is 1. The van der Waals surface area contributed by atoms with Gasteiger partial charge in [-0.2, -0.15) is 0 Å². The number of rotatable bonds is 7. The van der Waals surface area contributed by atoms with Gasteiger partial charge in [0.25, 0.3) is 5.91 Å². The van der Waals surface area contributed by atoms with Gasteiger partial charge in [-0.3, -0.25) is 4.79 Å². The molecule has 0 saturated heterocycles. The predicted octanol–water partition coefficient (Wildman–Crippen LogP) is 6.85. The van der Waals surface area contributed by atoms with Crippen molar-refractivity contribution in [2.75, 3.05) is 5.32 Å². The maximum absolute atomic E-state index is 12.8. The van der Waals surface area contributed by atoms with E-state index in [1.165, 1.54) is 10.5 Å². The van der Waals surface area contributed by atoms with Crippen molar-refractivity contribution in [2.24, 2.45) is 0 Å². The Bertz CT molecular complexity index is 1180. The fourth-order valence-electron chi connectivity index (χ4n) is 3.42. The highest BCUT2D eigenvalue weighted by Crippen LogP contribution is 2.27. The number of hydrogen-bond acceptors (Lipinski definition) is 3. The summed E-state index contributed by atoms with van der Waals surface area (Å²) >= 11 is 1.80. The second-order valence-corrected chi connectivity index (χ2v) is 8.53. The smallest absolute Gasteiger partial charge is 0.265 e. The number of fused-ring (bicyclic) bond motifs is 1. The van der Waals surface area contributed by atoms with Gasteiger partial charge in [0.1, 0.15) is 5.75 Å². The molecule has 4 aromatic rings. The lowest BCUT2D eigenvalue weighted by Crippen LogP contribution is -2.30. The third kappa shape index (κ3) is 5.28. The SMILES string of the molecule is Cc1cc(CSc2ccccc2)ccc1NC(=O)C(C)Oc1cccc2ccccc12. The summed E-state index contributed by atoms with van der Waals surface area (Å²) in [4.78, 5) is 14.0. The number of benzene rings is 4. The molecular formula is C27H25NO2S. The van der Waals surface area contributed by atoms with Crippen molar-refractivity contribution in [3.05, 3.63) is 102 Å². The number of amides is 1. The second-order valence-electron chi connectivity index (χ2n) is 7.48. The van der Waals surface area contributed by atoms with Gasteiger partial charge in [-0.1, -0.05) is 66.7 Å². The number of nitrogens with one attached hydrogen (secondary N) is 1. The summed E-state index contributed by atoms with van der Waals surface area (Å²) in [7, 11) is 0. The summed E-state index contributed by atoms with van der Waals surface area (Å²) in [5, 5.41) is 5.10. The zero-order valence-corrected chi connectivity index (χ0v) is 18.5. The Morgan fingerprint density at radius 1 is 0.935 bits per heavy atom. The number of anilines is 1. The van der Waals surface area contributed by atoms with Gasteiger partial charge in [-0.25, -0.2) is 0 Å². The molecule has 156 valence electrons. The van der Waals surface area contributed by atoms with Crippen molar-refractivity contribution in [3.8, 4) is 5.75 Å². The summed E-state index contributed by atoms with van der Waals surface area (Å²) in [5.41, 5.74) is 3.08. The molecular weight excluding hydrogens is 402 g/mol. The van der Waals surface area contributed by atoms with E-state index < -0.39 is 6.10 Å². The predicted molar refractivity (Wildman–Crippen MR) is 130 cm³/mol. The van der Waals surface area contributed by atoms with Gasteiger partial charge in [0.2, 0.25) is 0 Å². The number of thioether (sulfide) groups is 1. The molecule has 31 heavy (non-hydrogen) atoms. The lowest BCUT2D eigenvalue weighted by atomic mass is 10.1. The van der Waals surface area contributed by atoms with E-state index in [2.05, 4.69) is 29.6 Å². The fraction of sp³-hybridized carbons (Fsp3) is 0.148. The topological polar surface area (TPSA) is 38.3 Å². The first-order valence-corrected chi connectivity index (χ1v) is 11.3. The van der Waals surface area contributed by atoms with Crippen LogP contribution in [0, 0.1) is 6.92 Å². The van der Waals surface area contributed by atoms with E-state index in [1.807, 2.05) is 73.7 Å². The Labute approximate surface area is 187 Å². The van der Waals surface area contributed by atoms with Gasteiger partial charge >= 0.3 is 0 Å². The van der Waals surface area contributed by atoms with E-state index in [4.69, 9.17) is 4.74 Å². The maximum Gasteiger partial charge on any atom is 0.265 e. The van der Waals surface area contributed by atoms with Crippen molar-refractivity contribution in [1.29, 1.82) is 0 Å². The molecule has 0 aliphatic heterocycles. The zero-order valence-electron chi connectivity index (χ0n) is 17.7. The van der Waals surface area contributed by atoms with Crippen molar-refractivity contribution in [1.82, 2.24) is 0 Å². The van der Waals surface area contributed by atoms with E-state index in [-0.39, 0.29) is 5.91 Å². The zero-order chi connectivity index (χ0) is 21.6. The minimum atomic E-state index is -0.612. The van der Waals surface area contributed by atoms with E-state index in [0.29, 0.717) is 5.75 Å². The molecule has 0 aliphatic carbocycles. The van der Waals surface area contributed by atoms with Crippen LogP contribution in [0.2, 0.25) is 0 Å².